The van der Waals surface area contributed by atoms with Gasteiger partial charge in [-0.3, -0.25) is 9.67 Å². The Hall–Kier alpha value is -2.86. The summed E-state index contributed by atoms with van der Waals surface area (Å²) < 4.78 is 1.88. The maximum Gasteiger partial charge on any atom is 0.117 e. The second kappa shape index (κ2) is 7.17. The van der Waals surface area contributed by atoms with Gasteiger partial charge in [-0.2, -0.15) is 10.0 Å². The molecule has 0 bridgehead atoms. The highest BCUT2D eigenvalue weighted by Crippen LogP contribution is 2.38. The van der Waals surface area contributed by atoms with Crippen LogP contribution in [0.5, 0.6) is 0 Å². The first-order valence-electron chi connectivity index (χ1n) is 8.84. The van der Waals surface area contributed by atoms with Crippen LogP contribution >= 0.6 is 0 Å². The summed E-state index contributed by atoms with van der Waals surface area (Å²) in [5, 5.41) is 17.1. The second-order valence-corrected chi connectivity index (χ2v) is 6.54. The van der Waals surface area contributed by atoms with E-state index in [0.29, 0.717) is 13.0 Å². The van der Waals surface area contributed by atoms with E-state index >= 15 is 0 Å². The van der Waals surface area contributed by atoms with Crippen molar-refractivity contribution in [2.24, 2.45) is 5.18 Å². The molecule has 132 valence electrons. The fraction of sp³-hybridized carbons (Fsp3) is 0.300. The molecule has 4 rings (SSSR count). The molecule has 0 amide bonds. The topological polar surface area (TPSA) is 80.4 Å². The minimum atomic E-state index is -0.217. The predicted molar refractivity (Wildman–Crippen MR) is 99.5 cm³/mol. The Balaban J connectivity index is 1.78. The number of pyridine rings is 1. The molecule has 3 aromatic rings. The van der Waals surface area contributed by atoms with Gasteiger partial charge in [-0.15, -0.1) is 0 Å². The summed E-state index contributed by atoms with van der Waals surface area (Å²) in [6.45, 7) is 0.801. The number of nitroso groups, excluding NO2 is 1. The van der Waals surface area contributed by atoms with E-state index in [-0.39, 0.29) is 12.6 Å². The molecule has 0 saturated carbocycles. The van der Waals surface area contributed by atoms with Gasteiger partial charge >= 0.3 is 0 Å². The molecular weight excluding hydrogens is 328 g/mol. The molecule has 2 heterocycles. The predicted octanol–water partition coefficient (Wildman–Crippen LogP) is 3.75. The molecule has 26 heavy (non-hydrogen) atoms. The van der Waals surface area contributed by atoms with Gasteiger partial charge in [-0.25, -0.2) is 0 Å². The van der Waals surface area contributed by atoms with Crippen molar-refractivity contribution in [3.63, 3.8) is 0 Å². The number of hydrogen-bond donors (Lipinski definition) is 1. The van der Waals surface area contributed by atoms with Gasteiger partial charge in [0.15, 0.2) is 0 Å². The van der Waals surface area contributed by atoms with Crippen LogP contribution < -0.4 is 0 Å². The van der Waals surface area contributed by atoms with Crippen molar-refractivity contribution in [1.82, 2.24) is 14.8 Å². The van der Waals surface area contributed by atoms with Crippen molar-refractivity contribution in [3.8, 4) is 22.4 Å². The fourth-order valence-corrected chi connectivity index (χ4v) is 3.57. The number of benzene rings is 1. The van der Waals surface area contributed by atoms with Gasteiger partial charge in [0.2, 0.25) is 0 Å². The summed E-state index contributed by atoms with van der Waals surface area (Å²) in [6.07, 6.45) is 7.87. The van der Waals surface area contributed by atoms with Crippen LogP contribution in [0.1, 0.15) is 30.0 Å². The maximum absolute atomic E-state index is 11.0. The van der Waals surface area contributed by atoms with Crippen LogP contribution in [0.4, 0.5) is 0 Å². The highest BCUT2D eigenvalue weighted by Gasteiger charge is 2.24. The van der Waals surface area contributed by atoms with Crippen molar-refractivity contribution in [3.05, 3.63) is 65.0 Å². The highest BCUT2D eigenvalue weighted by molar-refractivity contribution is 5.80. The third-order valence-electron chi connectivity index (χ3n) is 4.89. The van der Waals surface area contributed by atoms with Crippen LogP contribution in [0.15, 0.2) is 54.1 Å². The molecule has 1 atom stereocenters. The summed E-state index contributed by atoms with van der Waals surface area (Å²) in [5.74, 6) is 0. The van der Waals surface area contributed by atoms with Gasteiger partial charge in [0.25, 0.3) is 0 Å². The molecule has 1 N–H and O–H groups in total. The first kappa shape index (κ1) is 16.6. The van der Waals surface area contributed by atoms with Crippen LogP contribution in [-0.2, 0) is 13.0 Å². The van der Waals surface area contributed by atoms with Crippen LogP contribution in [0.3, 0.4) is 0 Å². The van der Waals surface area contributed by atoms with Gasteiger partial charge in [-0.1, -0.05) is 23.4 Å². The minimum absolute atomic E-state index is 0.138. The zero-order valence-electron chi connectivity index (χ0n) is 14.4. The molecule has 1 unspecified atom stereocenters. The molecule has 0 fully saturated rings. The van der Waals surface area contributed by atoms with Crippen molar-refractivity contribution >= 4 is 0 Å². The van der Waals surface area contributed by atoms with E-state index in [1.807, 2.05) is 35.1 Å². The fourth-order valence-electron chi connectivity index (χ4n) is 3.57. The molecule has 0 radical (unpaired) electrons. The van der Waals surface area contributed by atoms with Gasteiger partial charge in [0, 0.05) is 42.9 Å². The average molecular weight is 348 g/mol. The smallest absolute Gasteiger partial charge is 0.117 e. The number of aryl methyl sites for hydroxylation is 2. The molecule has 2 aromatic heterocycles. The van der Waals surface area contributed by atoms with Gasteiger partial charge in [0.1, 0.15) is 11.7 Å². The number of hydrogen-bond acceptors (Lipinski definition) is 5. The first-order chi connectivity index (χ1) is 12.8. The van der Waals surface area contributed by atoms with Crippen LogP contribution in [-0.4, -0.2) is 26.5 Å². The maximum atomic E-state index is 11.0. The number of aliphatic hydroxyl groups excluding tert-OH is 1. The number of aromatic nitrogens is 3. The lowest BCUT2D eigenvalue weighted by molar-refractivity contribution is 0.277. The summed E-state index contributed by atoms with van der Waals surface area (Å²) in [5.41, 5.74) is 6.26. The molecule has 0 spiro atoms. The molecule has 1 aliphatic carbocycles. The molecule has 0 aliphatic heterocycles. The van der Waals surface area contributed by atoms with E-state index in [1.54, 1.807) is 12.4 Å². The Morgan fingerprint density at radius 2 is 2.04 bits per heavy atom. The number of nitrogens with zero attached hydrogens (tertiary/aromatic N) is 4. The lowest BCUT2D eigenvalue weighted by Gasteiger charge is -2.07. The normalized spacial score (nSPS) is 15.8. The van der Waals surface area contributed by atoms with Crippen molar-refractivity contribution in [1.29, 1.82) is 0 Å². The SMILES string of the molecule is O=NC1CCc2cc(-c3cn(CCCO)nc3-c3ccncc3)ccc21. The number of fused-ring (bicyclic) bond motifs is 1. The number of rotatable bonds is 6. The lowest BCUT2D eigenvalue weighted by atomic mass is 9.98. The van der Waals surface area contributed by atoms with Crippen molar-refractivity contribution in [2.45, 2.75) is 31.8 Å². The van der Waals surface area contributed by atoms with Crippen LogP contribution in [0, 0.1) is 4.91 Å². The monoisotopic (exact) mass is 348 g/mol. The Morgan fingerprint density at radius 3 is 2.81 bits per heavy atom. The van der Waals surface area contributed by atoms with Crippen LogP contribution in [0.2, 0.25) is 0 Å². The zero-order valence-corrected chi connectivity index (χ0v) is 14.4. The lowest BCUT2D eigenvalue weighted by Crippen LogP contribution is -2.00. The first-order valence-corrected chi connectivity index (χ1v) is 8.84. The molecule has 0 saturated heterocycles. The third kappa shape index (κ3) is 3.04. The van der Waals surface area contributed by atoms with E-state index in [4.69, 9.17) is 10.2 Å². The van der Waals surface area contributed by atoms with E-state index < -0.39 is 0 Å². The van der Waals surface area contributed by atoms with Crippen molar-refractivity contribution in [2.75, 3.05) is 6.61 Å². The molecule has 6 heteroatoms. The Labute approximate surface area is 151 Å². The van der Waals surface area contributed by atoms with E-state index in [1.165, 1.54) is 5.56 Å². The summed E-state index contributed by atoms with van der Waals surface area (Å²) >= 11 is 0. The summed E-state index contributed by atoms with van der Waals surface area (Å²) in [7, 11) is 0. The van der Waals surface area contributed by atoms with E-state index in [9.17, 15) is 4.91 Å². The quantitative estimate of drug-likeness (QED) is 0.688. The Bertz CT molecular complexity index is 921. The van der Waals surface area contributed by atoms with Gasteiger partial charge in [-0.05, 0) is 48.1 Å². The summed E-state index contributed by atoms with van der Waals surface area (Å²) in [6, 6.07) is 9.89. The van der Waals surface area contributed by atoms with Crippen LogP contribution in [0.25, 0.3) is 22.4 Å². The second-order valence-electron chi connectivity index (χ2n) is 6.54. The van der Waals surface area contributed by atoms with E-state index in [2.05, 4.69) is 16.2 Å². The highest BCUT2D eigenvalue weighted by atomic mass is 16.3. The average Bonchev–Trinajstić information content (AvgIpc) is 3.30. The molecule has 6 nitrogen and oxygen atoms in total. The standard InChI is InChI=1S/C20H20N4O2/c25-11-1-10-24-13-18(20(22-24)14-6-8-21-9-7-14)16-2-4-17-15(12-16)3-5-19(17)23-26/h2,4,6-9,12-13,19,25H,1,3,5,10-11H2. The van der Waals surface area contributed by atoms with E-state index in [0.717, 1.165) is 40.8 Å². The molecular formula is C20H20N4O2. The minimum Gasteiger partial charge on any atom is -0.396 e. The third-order valence-corrected chi connectivity index (χ3v) is 4.89. The molecule has 1 aliphatic rings. The Morgan fingerprint density at radius 1 is 1.19 bits per heavy atom. The van der Waals surface area contributed by atoms with Gasteiger partial charge in [0.05, 0.1) is 0 Å². The summed E-state index contributed by atoms with van der Waals surface area (Å²) in [4.78, 5) is 15.1. The zero-order chi connectivity index (χ0) is 17.9. The Kier molecular flexibility index (Phi) is 4.58. The molecule has 1 aromatic carbocycles. The largest absolute Gasteiger partial charge is 0.396 e. The van der Waals surface area contributed by atoms with Gasteiger partial charge < -0.3 is 5.11 Å². The van der Waals surface area contributed by atoms with Crippen molar-refractivity contribution < 1.29 is 5.11 Å². The number of aliphatic hydroxyl groups is 1.